The van der Waals surface area contributed by atoms with Gasteiger partial charge in [0.15, 0.2) is 0 Å². The molecule has 1 aliphatic rings. The Kier molecular flexibility index (Phi) is 4.24. The third-order valence-electron chi connectivity index (χ3n) is 3.35. The lowest BCUT2D eigenvalue weighted by molar-refractivity contribution is -0.137. The number of aliphatic hydroxyl groups excluding tert-OH is 1. The molecule has 2 nitrogen and oxygen atoms in total. The van der Waals surface area contributed by atoms with E-state index in [4.69, 9.17) is 11.5 Å². The molecule has 20 heavy (non-hydrogen) atoms. The van der Waals surface area contributed by atoms with Crippen LogP contribution in [0.15, 0.2) is 18.2 Å². The van der Waals surface area contributed by atoms with Gasteiger partial charge in [-0.1, -0.05) is 12.0 Å². The lowest BCUT2D eigenvalue weighted by Gasteiger charge is -2.26. The van der Waals surface area contributed by atoms with Crippen LogP contribution >= 0.6 is 0 Å². The largest absolute Gasteiger partial charge is 0.418 e. The van der Waals surface area contributed by atoms with Crippen molar-refractivity contribution in [1.82, 2.24) is 0 Å². The Bertz CT molecular complexity index is 515. The second kappa shape index (κ2) is 5.76. The Morgan fingerprint density at radius 1 is 1.35 bits per heavy atom. The normalized spacial score (nSPS) is 14.9. The standard InChI is InChI=1S/C15H16F3NO/c1-2-7-19(9-11-3-4-11)14-6-5-12(10-20)8-13(14)15(16,17)18/h1,5-6,8,11,20H,3-4,7,9-10H2. The first-order valence-corrected chi connectivity index (χ1v) is 6.45. The maximum atomic E-state index is 13.2. The van der Waals surface area contributed by atoms with Gasteiger partial charge in [0.25, 0.3) is 0 Å². The van der Waals surface area contributed by atoms with Crippen molar-refractivity contribution in [2.75, 3.05) is 18.0 Å². The van der Waals surface area contributed by atoms with Crippen LogP contribution in [0.5, 0.6) is 0 Å². The van der Waals surface area contributed by atoms with E-state index in [1.165, 1.54) is 12.1 Å². The van der Waals surface area contributed by atoms with E-state index < -0.39 is 18.3 Å². The molecule has 0 spiro atoms. The summed E-state index contributed by atoms with van der Waals surface area (Å²) in [6.45, 7) is 0.283. The SMILES string of the molecule is C#CCN(CC1CC1)c1ccc(CO)cc1C(F)(F)F. The van der Waals surface area contributed by atoms with E-state index >= 15 is 0 Å². The molecule has 0 aliphatic heterocycles. The first-order valence-electron chi connectivity index (χ1n) is 6.45. The highest BCUT2D eigenvalue weighted by Crippen LogP contribution is 2.39. The third kappa shape index (κ3) is 3.45. The third-order valence-corrected chi connectivity index (χ3v) is 3.35. The lowest BCUT2D eigenvalue weighted by Crippen LogP contribution is -2.28. The number of terminal acetylenes is 1. The molecule has 0 heterocycles. The van der Waals surface area contributed by atoms with Crippen LogP contribution in [-0.4, -0.2) is 18.2 Å². The van der Waals surface area contributed by atoms with Crippen molar-refractivity contribution in [1.29, 1.82) is 0 Å². The van der Waals surface area contributed by atoms with Crippen LogP contribution in [-0.2, 0) is 12.8 Å². The molecule has 1 aromatic rings. The molecule has 0 radical (unpaired) electrons. The zero-order chi connectivity index (χ0) is 14.8. The van der Waals surface area contributed by atoms with Gasteiger partial charge in [0.1, 0.15) is 0 Å². The lowest BCUT2D eigenvalue weighted by atomic mass is 10.1. The molecule has 0 saturated heterocycles. The first kappa shape index (κ1) is 14.7. The van der Waals surface area contributed by atoms with Gasteiger partial charge in [0, 0.05) is 12.2 Å². The molecule has 5 heteroatoms. The summed E-state index contributed by atoms with van der Waals surface area (Å²) in [4.78, 5) is 1.60. The predicted molar refractivity (Wildman–Crippen MR) is 71.1 cm³/mol. The van der Waals surface area contributed by atoms with Crippen LogP contribution in [0.4, 0.5) is 18.9 Å². The Hall–Kier alpha value is -1.67. The molecule has 0 unspecified atom stereocenters. The molecular weight excluding hydrogens is 267 g/mol. The van der Waals surface area contributed by atoms with Gasteiger partial charge in [-0.2, -0.15) is 13.2 Å². The highest BCUT2D eigenvalue weighted by atomic mass is 19.4. The van der Waals surface area contributed by atoms with E-state index in [2.05, 4.69) is 5.92 Å². The number of hydrogen-bond acceptors (Lipinski definition) is 2. The van der Waals surface area contributed by atoms with E-state index in [1.54, 1.807) is 4.90 Å². The van der Waals surface area contributed by atoms with E-state index in [1.807, 2.05) is 0 Å². The van der Waals surface area contributed by atoms with Crippen LogP contribution in [0.3, 0.4) is 0 Å². The highest BCUT2D eigenvalue weighted by Gasteiger charge is 2.36. The monoisotopic (exact) mass is 283 g/mol. The summed E-state index contributed by atoms with van der Waals surface area (Å²) in [7, 11) is 0. The molecule has 0 bridgehead atoms. The van der Waals surface area contributed by atoms with Crippen LogP contribution in [0, 0.1) is 18.3 Å². The van der Waals surface area contributed by atoms with Gasteiger partial charge in [0.05, 0.1) is 18.7 Å². The average Bonchev–Trinajstić information content (AvgIpc) is 3.20. The molecule has 1 aliphatic carbocycles. The molecule has 2 rings (SSSR count). The molecule has 1 N–H and O–H groups in total. The van der Waals surface area contributed by atoms with Crippen LogP contribution in [0.2, 0.25) is 0 Å². The summed E-state index contributed by atoms with van der Waals surface area (Å²) in [6.07, 6.45) is 2.88. The Labute approximate surface area is 116 Å². The van der Waals surface area contributed by atoms with Crippen molar-refractivity contribution in [3.05, 3.63) is 29.3 Å². The fourth-order valence-electron chi connectivity index (χ4n) is 2.15. The van der Waals surface area contributed by atoms with E-state index in [9.17, 15) is 13.2 Å². The van der Waals surface area contributed by atoms with Crippen LogP contribution in [0.1, 0.15) is 24.0 Å². The van der Waals surface area contributed by atoms with Gasteiger partial charge in [0.2, 0.25) is 0 Å². The second-order valence-electron chi connectivity index (χ2n) is 5.04. The summed E-state index contributed by atoms with van der Waals surface area (Å²) < 4.78 is 39.5. The maximum absolute atomic E-state index is 13.2. The molecule has 108 valence electrons. The number of halogens is 3. The van der Waals surface area contributed by atoms with Gasteiger partial charge < -0.3 is 10.0 Å². The number of nitrogens with zero attached hydrogens (tertiary/aromatic N) is 1. The molecule has 1 saturated carbocycles. The van der Waals surface area contributed by atoms with Crippen molar-refractivity contribution in [3.63, 3.8) is 0 Å². The van der Waals surface area contributed by atoms with Crippen molar-refractivity contribution < 1.29 is 18.3 Å². The fraction of sp³-hybridized carbons (Fsp3) is 0.467. The minimum atomic E-state index is -4.46. The Balaban J connectivity index is 2.38. The fourth-order valence-corrected chi connectivity index (χ4v) is 2.15. The maximum Gasteiger partial charge on any atom is 0.418 e. The van der Waals surface area contributed by atoms with E-state index in [0.717, 1.165) is 18.9 Å². The number of benzene rings is 1. The summed E-state index contributed by atoms with van der Waals surface area (Å²) in [5, 5.41) is 9.00. The zero-order valence-electron chi connectivity index (χ0n) is 11.0. The summed E-state index contributed by atoms with van der Waals surface area (Å²) in [6, 6.07) is 3.89. The number of aliphatic hydroxyl groups is 1. The van der Waals surface area contributed by atoms with E-state index in [0.29, 0.717) is 12.5 Å². The number of hydrogen-bond donors (Lipinski definition) is 1. The molecule has 1 aromatic carbocycles. The topological polar surface area (TPSA) is 23.5 Å². The highest BCUT2D eigenvalue weighted by molar-refractivity contribution is 5.57. The first-order chi connectivity index (χ1) is 9.45. The van der Waals surface area contributed by atoms with Gasteiger partial charge in [-0.3, -0.25) is 0 Å². The van der Waals surface area contributed by atoms with Crippen LogP contribution < -0.4 is 4.90 Å². The Morgan fingerprint density at radius 3 is 2.55 bits per heavy atom. The number of alkyl halides is 3. The van der Waals surface area contributed by atoms with Gasteiger partial charge in [-0.25, -0.2) is 0 Å². The minimum absolute atomic E-state index is 0.0968. The molecular formula is C15H16F3NO. The number of rotatable bonds is 5. The summed E-state index contributed by atoms with van der Waals surface area (Å²) in [5.41, 5.74) is -0.396. The average molecular weight is 283 g/mol. The van der Waals surface area contributed by atoms with Crippen molar-refractivity contribution >= 4 is 5.69 Å². The van der Waals surface area contributed by atoms with Crippen molar-refractivity contribution in [2.24, 2.45) is 5.92 Å². The molecule has 0 aromatic heterocycles. The summed E-state index contributed by atoms with van der Waals surface area (Å²) in [5.74, 6) is 2.85. The van der Waals surface area contributed by atoms with Gasteiger partial charge in [-0.15, -0.1) is 6.42 Å². The molecule has 0 amide bonds. The van der Waals surface area contributed by atoms with Crippen LogP contribution in [0.25, 0.3) is 0 Å². The smallest absolute Gasteiger partial charge is 0.392 e. The van der Waals surface area contributed by atoms with E-state index in [-0.39, 0.29) is 17.8 Å². The predicted octanol–water partition coefficient (Wildman–Crippen LogP) is 3.05. The summed E-state index contributed by atoms with van der Waals surface area (Å²) >= 11 is 0. The number of anilines is 1. The molecule has 0 atom stereocenters. The quantitative estimate of drug-likeness (QED) is 0.840. The molecule has 1 fully saturated rings. The minimum Gasteiger partial charge on any atom is -0.392 e. The second-order valence-corrected chi connectivity index (χ2v) is 5.04. The van der Waals surface area contributed by atoms with Crippen molar-refractivity contribution in [2.45, 2.75) is 25.6 Å². The van der Waals surface area contributed by atoms with Gasteiger partial charge in [-0.05, 0) is 36.5 Å². The zero-order valence-corrected chi connectivity index (χ0v) is 11.0. The van der Waals surface area contributed by atoms with Crippen molar-refractivity contribution in [3.8, 4) is 12.3 Å². The van der Waals surface area contributed by atoms with Gasteiger partial charge >= 0.3 is 6.18 Å². The Morgan fingerprint density at radius 2 is 2.05 bits per heavy atom.